The van der Waals surface area contributed by atoms with Crippen LogP contribution in [-0.4, -0.2) is 5.24 Å². The van der Waals surface area contributed by atoms with Crippen LogP contribution in [0.3, 0.4) is 0 Å². The van der Waals surface area contributed by atoms with Gasteiger partial charge in [0.1, 0.15) is 0 Å². The summed E-state index contributed by atoms with van der Waals surface area (Å²) in [6, 6.07) is 17.0. The summed E-state index contributed by atoms with van der Waals surface area (Å²) < 4.78 is 0. The van der Waals surface area contributed by atoms with E-state index in [0.717, 1.165) is 19.3 Å². The van der Waals surface area contributed by atoms with Crippen molar-refractivity contribution in [2.45, 2.75) is 32.6 Å². The third-order valence-electron chi connectivity index (χ3n) is 3.42. The zero-order chi connectivity index (χ0) is 14.4. The maximum Gasteiger partial charge on any atom is 0.221 e. The molecule has 0 radical (unpaired) electrons. The Bertz CT molecular complexity index is 589. The number of aryl methyl sites for hydroxylation is 2. The molecule has 20 heavy (non-hydrogen) atoms. The normalized spacial score (nSPS) is 10.5. The van der Waals surface area contributed by atoms with Crippen LogP contribution in [0.4, 0.5) is 0 Å². The maximum absolute atomic E-state index is 10.7. The van der Waals surface area contributed by atoms with E-state index in [1.54, 1.807) is 0 Å². The molecule has 2 rings (SSSR count). The van der Waals surface area contributed by atoms with Gasteiger partial charge < -0.3 is 0 Å². The highest BCUT2D eigenvalue weighted by Gasteiger charge is 2.05. The zero-order valence-electron chi connectivity index (χ0n) is 11.7. The first-order valence-electron chi connectivity index (χ1n) is 7.00. The molecule has 104 valence electrons. The highest BCUT2D eigenvalue weighted by Crippen LogP contribution is 2.25. The van der Waals surface area contributed by atoms with Crippen LogP contribution in [0.5, 0.6) is 0 Å². The van der Waals surface area contributed by atoms with Crippen LogP contribution >= 0.6 is 11.6 Å². The van der Waals surface area contributed by atoms with E-state index in [1.807, 2.05) is 0 Å². The molecule has 2 aromatic rings. The van der Waals surface area contributed by atoms with E-state index < -0.39 is 0 Å². The summed E-state index contributed by atoms with van der Waals surface area (Å²) in [5.41, 5.74) is 5.15. The summed E-state index contributed by atoms with van der Waals surface area (Å²) in [7, 11) is 0. The van der Waals surface area contributed by atoms with E-state index in [-0.39, 0.29) is 5.24 Å². The molecular formula is C18H19ClO. The lowest BCUT2D eigenvalue weighted by Crippen LogP contribution is -1.93. The van der Waals surface area contributed by atoms with Gasteiger partial charge in [0.15, 0.2) is 0 Å². The Hall–Kier alpha value is -1.60. The van der Waals surface area contributed by atoms with Gasteiger partial charge in [-0.05, 0) is 54.5 Å². The molecule has 1 nitrogen and oxygen atoms in total. The van der Waals surface area contributed by atoms with Crippen LogP contribution in [0.15, 0.2) is 48.5 Å². The van der Waals surface area contributed by atoms with Crippen molar-refractivity contribution in [2.24, 2.45) is 0 Å². The van der Waals surface area contributed by atoms with Crippen LogP contribution in [0.1, 0.15) is 30.4 Å². The smallest absolute Gasteiger partial charge is 0.221 e. The molecule has 0 aliphatic carbocycles. The Morgan fingerprint density at radius 1 is 1.05 bits per heavy atom. The molecule has 0 aliphatic rings. The van der Waals surface area contributed by atoms with Crippen LogP contribution in [0, 0.1) is 6.92 Å². The summed E-state index contributed by atoms with van der Waals surface area (Å²) in [5.74, 6) is 0. The van der Waals surface area contributed by atoms with Crippen LogP contribution in [0.25, 0.3) is 11.1 Å². The third kappa shape index (κ3) is 4.21. The van der Waals surface area contributed by atoms with E-state index in [2.05, 4.69) is 55.5 Å². The van der Waals surface area contributed by atoms with Crippen molar-refractivity contribution in [3.8, 4) is 11.1 Å². The number of rotatable bonds is 6. The monoisotopic (exact) mass is 286 g/mol. The van der Waals surface area contributed by atoms with Crippen molar-refractivity contribution >= 4 is 16.8 Å². The molecule has 2 aromatic carbocycles. The average Bonchev–Trinajstić information content (AvgIpc) is 2.44. The predicted molar refractivity (Wildman–Crippen MR) is 85.0 cm³/mol. The largest absolute Gasteiger partial charge is 0.281 e. The number of hydrogen-bond donors (Lipinski definition) is 0. The van der Waals surface area contributed by atoms with Crippen LogP contribution in [0.2, 0.25) is 0 Å². The first-order chi connectivity index (χ1) is 9.66. The van der Waals surface area contributed by atoms with Gasteiger partial charge in [0, 0.05) is 6.42 Å². The van der Waals surface area contributed by atoms with Gasteiger partial charge in [-0.2, -0.15) is 0 Å². The van der Waals surface area contributed by atoms with Crippen molar-refractivity contribution in [2.75, 3.05) is 0 Å². The van der Waals surface area contributed by atoms with Crippen LogP contribution in [-0.2, 0) is 11.2 Å². The molecular weight excluding hydrogens is 268 g/mol. The van der Waals surface area contributed by atoms with E-state index in [9.17, 15) is 4.79 Å². The Labute approximate surface area is 125 Å². The first kappa shape index (κ1) is 14.8. The summed E-state index contributed by atoms with van der Waals surface area (Å²) in [4.78, 5) is 10.7. The van der Waals surface area contributed by atoms with E-state index >= 15 is 0 Å². The van der Waals surface area contributed by atoms with Crippen molar-refractivity contribution in [3.63, 3.8) is 0 Å². The fourth-order valence-electron chi connectivity index (χ4n) is 2.41. The molecule has 0 bridgehead atoms. The minimum atomic E-state index is -0.239. The number of halogens is 1. The number of benzene rings is 2. The molecule has 0 aromatic heterocycles. The highest BCUT2D eigenvalue weighted by atomic mass is 35.5. The molecule has 0 amide bonds. The fraction of sp³-hybridized carbons (Fsp3) is 0.278. The lowest BCUT2D eigenvalue weighted by atomic mass is 9.95. The molecule has 0 unspecified atom stereocenters. The van der Waals surface area contributed by atoms with Gasteiger partial charge >= 0.3 is 0 Å². The minimum absolute atomic E-state index is 0.239. The Morgan fingerprint density at radius 3 is 2.60 bits per heavy atom. The van der Waals surface area contributed by atoms with E-state index in [4.69, 9.17) is 11.6 Å². The standard InChI is InChI=1S/C18H19ClO/c1-14-7-6-10-16(13-14)17-11-4-2-8-15(17)9-3-5-12-18(19)20/h2,4,6-8,10-11,13H,3,5,9,12H2,1H3. The van der Waals surface area contributed by atoms with Gasteiger partial charge in [0.25, 0.3) is 0 Å². The Kier molecular flexibility index (Phi) is 5.37. The Balaban J connectivity index is 2.12. The lowest BCUT2D eigenvalue weighted by Gasteiger charge is -2.10. The summed E-state index contributed by atoms with van der Waals surface area (Å²) in [6.45, 7) is 2.11. The van der Waals surface area contributed by atoms with Gasteiger partial charge in [0.05, 0.1) is 0 Å². The summed E-state index contributed by atoms with van der Waals surface area (Å²) in [5, 5.41) is -0.239. The summed E-state index contributed by atoms with van der Waals surface area (Å²) >= 11 is 5.37. The van der Waals surface area contributed by atoms with Gasteiger partial charge in [-0.25, -0.2) is 0 Å². The number of hydrogen-bond acceptors (Lipinski definition) is 1. The number of carbonyl (C=O) groups is 1. The molecule has 0 aliphatic heterocycles. The Morgan fingerprint density at radius 2 is 1.85 bits per heavy atom. The SMILES string of the molecule is Cc1cccc(-c2ccccc2CCCCC(=O)Cl)c1. The van der Waals surface area contributed by atoms with Gasteiger partial charge in [-0.15, -0.1) is 0 Å². The average molecular weight is 287 g/mol. The molecule has 0 N–H and O–H groups in total. The first-order valence-corrected chi connectivity index (χ1v) is 7.38. The second-order valence-corrected chi connectivity index (χ2v) is 5.51. The van der Waals surface area contributed by atoms with Gasteiger partial charge in [0.2, 0.25) is 5.24 Å². The van der Waals surface area contributed by atoms with Gasteiger partial charge in [-0.1, -0.05) is 54.1 Å². The van der Waals surface area contributed by atoms with Crippen molar-refractivity contribution in [1.82, 2.24) is 0 Å². The lowest BCUT2D eigenvalue weighted by molar-refractivity contribution is -0.111. The minimum Gasteiger partial charge on any atom is -0.281 e. The quantitative estimate of drug-likeness (QED) is 0.531. The zero-order valence-corrected chi connectivity index (χ0v) is 12.5. The van der Waals surface area contributed by atoms with E-state index in [1.165, 1.54) is 22.3 Å². The third-order valence-corrected chi connectivity index (χ3v) is 3.60. The van der Waals surface area contributed by atoms with Crippen LogP contribution < -0.4 is 0 Å². The number of unbranched alkanes of at least 4 members (excludes halogenated alkanes) is 1. The molecule has 0 atom stereocenters. The van der Waals surface area contributed by atoms with Gasteiger partial charge in [-0.3, -0.25) is 4.79 Å². The summed E-state index contributed by atoms with van der Waals surface area (Å²) in [6.07, 6.45) is 3.29. The topological polar surface area (TPSA) is 17.1 Å². The van der Waals surface area contributed by atoms with Crippen molar-refractivity contribution < 1.29 is 4.79 Å². The molecule has 0 saturated heterocycles. The molecule has 2 heteroatoms. The maximum atomic E-state index is 10.7. The molecule has 0 saturated carbocycles. The van der Waals surface area contributed by atoms with Crippen molar-refractivity contribution in [3.05, 3.63) is 59.7 Å². The molecule has 0 spiro atoms. The second-order valence-electron chi connectivity index (χ2n) is 5.09. The highest BCUT2D eigenvalue weighted by molar-refractivity contribution is 6.63. The fourth-order valence-corrected chi connectivity index (χ4v) is 2.55. The molecule has 0 fully saturated rings. The van der Waals surface area contributed by atoms with E-state index in [0.29, 0.717) is 6.42 Å². The second kappa shape index (κ2) is 7.25. The predicted octanol–water partition coefficient (Wildman–Crippen LogP) is 5.14. The number of carbonyl (C=O) groups excluding carboxylic acids is 1. The van der Waals surface area contributed by atoms with Crippen molar-refractivity contribution in [1.29, 1.82) is 0 Å². The molecule has 0 heterocycles.